The lowest BCUT2D eigenvalue weighted by atomic mass is 10.3. The van der Waals surface area contributed by atoms with Gasteiger partial charge in [0.2, 0.25) is 5.95 Å². The first-order chi connectivity index (χ1) is 8.85. The smallest absolute Gasteiger partial charge is 0.224 e. The molecule has 0 aliphatic rings. The molecule has 2 N–H and O–H groups in total. The van der Waals surface area contributed by atoms with Crippen LogP contribution in [0.5, 0.6) is 0 Å². The zero-order valence-corrected chi connectivity index (χ0v) is 10.8. The lowest BCUT2D eigenvalue weighted by Gasteiger charge is -2.09. The van der Waals surface area contributed by atoms with E-state index in [1.165, 1.54) is 0 Å². The molecule has 0 aliphatic heterocycles. The maximum atomic E-state index is 4.21. The maximum absolute atomic E-state index is 4.21. The second-order valence-electron chi connectivity index (χ2n) is 3.93. The molecule has 96 valence electrons. The van der Waals surface area contributed by atoms with Crippen LogP contribution < -0.4 is 10.6 Å². The van der Waals surface area contributed by atoms with Crippen molar-refractivity contribution >= 4 is 11.6 Å². The van der Waals surface area contributed by atoms with E-state index in [2.05, 4.69) is 39.2 Å². The molecule has 0 aliphatic carbocycles. The van der Waals surface area contributed by atoms with Crippen LogP contribution in [0.1, 0.15) is 19.7 Å². The van der Waals surface area contributed by atoms with Gasteiger partial charge in [0.05, 0.1) is 6.54 Å². The Bertz CT molecular complexity index is 477. The largest absolute Gasteiger partial charge is 0.378 e. The summed E-state index contributed by atoms with van der Waals surface area (Å²) in [5.74, 6) is 1.78. The van der Waals surface area contributed by atoms with Crippen molar-refractivity contribution in [2.75, 3.05) is 17.2 Å². The molecule has 2 rings (SSSR count). The van der Waals surface area contributed by atoms with Crippen LogP contribution in [0.4, 0.5) is 11.6 Å². The Hall–Kier alpha value is -2.04. The molecule has 0 bridgehead atoms. The molecule has 0 radical (unpaired) electrons. The standard InChI is InChI=1S/C13H19N5/c1-3-14-13-17-16-12(18(13)4-2)10-15-11-8-6-5-7-9-11/h5-9,15H,3-4,10H2,1-2H3,(H,14,17). The van der Waals surface area contributed by atoms with Crippen LogP contribution >= 0.6 is 0 Å². The van der Waals surface area contributed by atoms with E-state index in [-0.39, 0.29) is 0 Å². The van der Waals surface area contributed by atoms with Crippen molar-refractivity contribution in [3.8, 4) is 0 Å². The molecule has 0 amide bonds. The highest BCUT2D eigenvalue weighted by atomic mass is 15.4. The van der Waals surface area contributed by atoms with Crippen molar-refractivity contribution in [3.05, 3.63) is 36.2 Å². The summed E-state index contributed by atoms with van der Waals surface area (Å²) in [6, 6.07) is 10.1. The predicted molar refractivity (Wildman–Crippen MR) is 73.6 cm³/mol. The zero-order chi connectivity index (χ0) is 12.8. The van der Waals surface area contributed by atoms with Crippen molar-refractivity contribution < 1.29 is 0 Å². The Morgan fingerprint density at radius 3 is 2.50 bits per heavy atom. The van der Waals surface area contributed by atoms with E-state index < -0.39 is 0 Å². The lowest BCUT2D eigenvalue weighted by Crippen LogP contribution is -2.11. The van der Waals surface area contributed by atoms with Gasteiger partial charge in [-0.1, -0.05) is 18.2 Å². The number of benzene rings is 1. The zero-order valence-electron chi connectivity index (χ0n) is 10.8. The summed E-state index contributed by atoms with van der Waals surface area (Å²) in [6.07, 6.45) is 0. The Labute approximate surface area is 107 Å². The van der Waals surface area contributed by atoms with Crippen LogP contribution in [-0.2, 0) is 13.1 Å². The second-order valence-corrected chi connectivity index (χ2v) is 3.93. The quantitative estimate of drug-likeness (QED) is 0.820. The second kappa shape index (κ2) is 6.05. The summed E-state index contributed by atoms with van der Waals surface area (Å²) < 4.78 is 2.08. The first-order valence-electron chi connectivity index (χ1n) is 6.30. The van der Waals surface area contributed by atoms with Crippen LogP contribution in [0.25, 0.3) is 0 Å². The average molecular weight is 245 g/mol. The molecule has 0 saturated heterocycles. The average Bonchev–Trinajstić information content (AvgIpc) is 2.80. The lowest BCUT2D eigenvalue weighted by molar-refractivity contribution is 0.712. The van der Waals surface area contributed by atoms with E-state index in [9.17, 15) is 0 Å². The molecule has 1 aromatic carbocycles. The van der Waals surface area contributed by atoms with Gasteiger partial charge in [0, 0.05) is 18.8 Å². The van der Waals surface area contributed by atoms with Gasteiger partial charge in [-0.3, -0.25) is 4.57 Å². The van der Waals surface area contributed by atoms with Crippen molar-refractivity contribution in [2.24, 2.45) is 0 Å². The number of hydrogen-bond acceptors (Lipinski definition) is 4. The van der Waals surface area contributed by atoms with Crippen molar-refractivity contribution in [3.63, 3.8) is 0 Å². The molecular formula is C13H19N5. The third-order valence-corrected chi connectivity index (χ3v) is 2.70. The summed E-state index contributed by atoms with van der Waals surface area (Å²) in [5.41, 5.74) is 1.09. The van der Waals surface area contributed by atoms with Gasteiger partial charge in [-0.05, 0) is 26.0 Å². The Balaban J connectivity index is 2.05. The van der Waals surface area contributed by atoms with Gasteiger partial charge in [0.1, 0.15) is 0 Å². The van der Waals surface area contributed by atoms with Crippen LogP contribution in [0.3, 0.4) is 0 Å². The highest BCUT2D eigenvalue weighted by Crippen LogP contribution is 2.10. The van der Waals surface area contributed by atoms with Crippen molar-refractivity contribution in [2.45, 2.75) is 26.9 Å². The molecule has 2 aromatic rings. The molecule has 1 aromatic heterocycles. The molecule has 0 saturated carbocycles. The minimum absolute atomic E-state index is 0.677. The van der Waals surface area contributed by atoms with E-state index in [1.807, 2.05) is 30.3 Å². The number of aromatic nitrogens is 3. The third kappa shape index (κ3) is 2.80. The number of nitrogens with zero attached hydrogens (tertiary/aromatic N) is 3. The number of hydrogen-bond donors (Lipinski definition) is 2. The van der Waals surface area contributed by atoms with Gasteiger partial charge in [0.15, 0.2) is 5.82 Å². The summed E-state index contributed by atoms with van der Waals surface area (Å²) >= 11 is 0. The Morgan fingerprint density at radius 2 is 1.83 bits per heavy atom. The van der Waals surface area contributed by atoms with Crippen LogP contribution in [0.15, 0.2) is 30.3 Å². The van der Waals surface area contributed by atoms with Crippen LogP contribution in [0, 0.1) is 0 Å². The minimum atomic E-state index is 0.677. The fourth-order valence-corrected chi connectivity index (χ4v) is 1.82. The van der Waals surface area contributed by atoms with E-state index >= 15 is 0 Å². The fourth-order valence-electron chi connectivity index (χ4n) is 1.82. The highest BCUT2D eigenvalue weighted by molar-refractivity contribution is 5.42. The van der Waals surface area contributed by atoms with E-state index in [0.29, 0.717) is 6.54 Å². The first kappa shape index (κ1) is 12.4. The number of nitrogens with one attached hydrogen (secondary N) is 2. The van der Waals surface area contributed by atoms with Gasteiger partial charge in [-0.2, -0.15) is 0 Å². The Morgan fingerprint density at radius 1 is 1.06 bits per heavy atom. The molecule has 0 atom stereocenters. The van der Waals surface area contributed by atoms with Crippen LogP contribution in [0.2, 0.25) is 0 Å². The third-order valence-electron chi connectivity index (χ3n) is 2.70. The minimum Gasteiger partial charge on any atom is -0.378 e. The summed E-state index contributed by atoms with van der Waals surface area (Å²) in [5, 5.41) is 14.9. The van der Waals surface area contributed by atoms with Crippen molar-refractivity contribution in [1.82, 2.24) is 14.8 Å². The molecule has 18 heavy (non-hydrogen) atoms. The summed E-state index contributed by atoms with van der Waals surface area (Å²) in [7, 11) is 0. The van der Waals surface area contributed by atoms with E-state index in [4.69, 9.17) is 0 Å². The molecule has 5 nitrogen and oxygen atoms in total. The first-order valence-corrected chi connectivity index (χ1v) is 6.30. The fraction of sp³-hybridized carbons (Fsp3) is 0.385. The van der Waals surface area contributed by atoms with Gasteiger partial charge in [-0.25, -0.2) is 0 Å². The van der Waals surface area contributed by atoms with Gasteiger partial charge in [0.25, 0.3) is 0 Å². The molecular weight excluding hydrogens is 226 g/mol. The highest BCUT2D eigenvalue weighted by Gasteiger charge is 2.09. The Kier molecular flexibility index (Phi) is 4.17. The van der Waals surface area contributed by atoms with Crippen LogP contribution in [-0.4, -0.2) is 21.3 Å². The topological polar surface area (TPSA) is 54.8 Å². The summed E-state index contributed by atoms with van der Waals surface area (Å²) in [4.78, 5) is 0. The molecule has 0 spiro atoms. The van der Waals surface area contributed by atoms with Gasteiger partial charge in [-0.15, -0.1) is 10.2 Å². The summed E-state index contributed by atoms with van der Waals surface area (Å²) in [6.45, 7) is 6.54. The monoisotopic (exact) mass is 245 g/mol. The molecule has 0 fully saturated rings. The molecule has 0 unspecified atom stereocenters. The molecule has 5 heteroatoms. The SMILES string of the molecule is CCNc1nnc(CNc2ccccc2)n1CC. The van der Waals surface area contributed by atoms with Crippen molar-refractivity contribution in [1.29, 1.82) is 0 Å². The van der Waals surface area contributed by atoms with Gasteiger partial charge < -0.3 is 10.6 Å². The predicted octanol–water partition coefficient (Wildman–Crippen LogP) is 2.34. The van der Waals surface area contributed by atoms with E-state index in [0.717, 1.165) is 30.5 Å². The number of anilines is 2. The number of rotatable bonds is 6. The van der Waals surface area contributed by atoms with Gasteiger partial charge >= 0.3 is 0 Å². The normalized spacial score (nSPS) is 10.3. The maximum Gasteiger partial charge on any atom is 0.224 e. The van der Waals surface area contributed by atoms with E-state index in [1.54, 1.807) is 0 Å². The molecule has 1 heterocycles. The number of para-hydroxylation sites is 1.